The van der Waals surface area contributed by atoms with Crippen LogP contribution in [0.1, 0.15) is 84.5 Å². The Bertz CT molecular complexity index is 6060. The number of anilines is 12. The molecule has 4 aliphatic rings. The molecule has 4 fully saturated rings. The first-order valence-electron chi connectivity index (χ1n) is 45.1. The van der Waals surface area contributed by atoms with Gasteiger partial charge in [-0.3, -0.25) is 19.2 Å². The van der Waals surface area contributed by atoms with E-state index in [1.54, 1.807) is 49.1 Å². The Morgan fingerprint density at radius 2 is 0.514 bits per heavy atom. The molecule has 16 rings (SSSR count). The van der Waals surface area contributed by atoms with Gasteiger partial charge in [0, 0.05) is 144 Å². The van der Waals surface area contributed by atoms with Gasteiger partial charge in [-0.05, 0) is 161 Å². The van der Waals surface area contributed by atoms with Gasteiger partial charge in [-0.15, -0.1) is 0 Å². The van der Waals surface area contributed by atoms with E-state index in [4.69, 9.17) is 148 Å². The first-order chi connectivity index (χ1) is 70.1. The molecular weight excluding hydrogens is 2060 g/mol. The first kappa shape index (κ1) is 113. The van der Waals surface area contributed by atoms with Gasteiger partial charge in [-0.25, -0.2) is 59.8 Å². The number of methoxy groups -OCH3 is 8. The highest BCUT2D eigenvalue weighted by Crippen LogP contribution is 2.51. The molecule has 8 aromatic heterocycles. The molecule has 0 saturated heterocycles. The topological polar surface area (TPSA) is 455 Å². The maximum atomic E-state index is 11.8. The van der Waals surface area contributed by atoms with Gasteiger partial charge in [0.05, 0.1) is 102 Å². The van der Waals surface area contributed by atoms with Crippen LogP contribution in [-0.2, 0) is 19.2 Å². The lowest BCUT2D eigenvalue weighted by molar-refractivity contribution is -0.118. The van der Waals surface area contributed by atoms with Crippen molar-refractivity contribution in [1.29, 1.82) is 0 Å². The average molecular weight is 2170 g/mol. The summed E-state index contributed by atoms with van der Waals surface area (Å²) in [7, 11) is 12.1. The van der Waals surface area contributed by atoms with Crippen LogP contribution >= 0.6 is 104 Å². The number of carbonyl (C=O) groups excluding carboxylic acids is 4. The number of pyridine rings is 4. The number of nitrogens with two attached hydrogens (primary N) is 1. The minimum Gasteiger partial charge on any atom is -0.495 e. The molecule has 0 radical (unpaired) electrons. The lowest BCUT2D eigenvalue weighted by Gasteiger charge is -2.22. The minimum absolute atomic E-state index is 0. The number of carbonyl (C=O) groups is 4. The van der Waals surface area contributed by atoms with Crippen LogP contribution in [-0.4, -0.2) is 188 Å². The van der Waals surface area contributed by atoms with Gasteiger partial charge in [0.2, 0.25) is 23.0 Å². The number of rotatable bonds is 35. The van der Waals surface area contributed by atoms with Gasteiger partial charge in [0.1, 0.15) is 158 Å². The third-order valence-corrected chi connectivity index (χ3v) is 26.6. The third kappa shape index (κ3) is 28.9. The van der Waals surface area contributed by atoms with Crippen molar-refractivity contribution in [3.8, 4) is 91.0 Å². The molecule has 8 atom stereocenters. The maximum Gasteiger partial charge on any atom is 0.244 e. The fourth-order valence-electron chi connectivity index (χ4n) is 16.2. The summed E-state index contributed by atoms with van der Waals surface area (Å²) in [4.78, 5) is 98.0. The molecular formula is C101H109Cl9N24O12. The molecule has 45 heteroatoms. The van der Waals surface area contributed by atoms with Gasteiger partial charge in [0.15, 0.2) is 0 Å². The molecule has 0 spiro atoms. The molecule has 4 aromatic carbocycles. The lowest BCUT2D eigenvalue weighted by atomic mass is 10.1. The van der Waals surface area contributed by atoms with E-state index in [-0.39, 0.29) is 73.5 Å². The second-order valence-corrected chi connectivity index (χ2v) is 35.6. The van der Waals surface area contributed by atoms with Crippen LogP contribution < -0.4 is 102 Å². The van der Waals surface area contributed by atoms with Gasteiger partial charge in [-0.1, -0.05) is 127 Å². The van der Waals surface area contributed by atoms with Crippen molar-refractivity contribution in [2.45, 2.75) is 133 Å². The zero-order valence-corrected chi connectivity index (χ0v) is 86.6. The molecule has 36 nitrogen and oxygen atoms in total. The van der Waals surface area contributed by atoms with Crippen LogP contribution in [0.25, 0.3) is 45.0 Å². The Labute approximate surface area is 890 Å². The summed E-state index contributed by atoms with van der Waals surface area (Å²) in [6.45, 7) is 13.7. The van der Waals surface area contributed by atoms with E-state index in [2.05, 4.69) is 145 Å². The van der Waals surface area contributed by atoms with E-state index in [0.29, 0.717) is 195 Å². The number of aromatic nitrogens is 12. The number of halogens is 9. The fraction of sp³-hybridized carbons (Fsp3) is 0.287. The van der Waals surface area contributed by atoms with Crippen molar-refractivity contribution >= 4 is 197 Å². The maximum absolute atomic E-state index is 11.8. The van der Waals surface area contributed by atoms with Crippen molar-refractivity contribution < 1.29 is 57.1 Å². The number of allylic oxidation sites excluding steroid dienone is 1. The van der Waals surface area contributed by atoms with Crippen LogP contribution in [0.5, 0.6) is 46.0 Å². The smallest absolute Gasteiger partial charge is 0.244 e. The number of nitrogens with zero attached hydrogens (tertiary/aromatic N) is 12. The fourth-order valence-corrected chi connectivity index (χ4v) is 18.6. The van der Waals surface area contributed by atoms with Crippen molar-refractivity contribution in [2.75, 3.05) is 99.4 Å². The van der Waals surface area contributed by atoms with Gasteiger partial charge in [0.25, 0.3) is 0 Å². The van der Waals surface area contributed by atoms with E-state index in [1.165, 1.54) is 100 Å². The Balaban J connectivity index is 0.000000182. The van der Waals surface area contributed by atoms with Crippen LogP contribution in [0.2, 0.25) is 40.2 Å². The van der Waals surface area contributed by atoms with Gasteiger partial charge in [-0.2, -0.15) is 0 Å². The second-order valence-electron chi connectivity index (χ2n) is 32.2. The summed E-state index contributed by atoms with van der Waals surface area (Å²) in [6, 6.07) is 29.1. The SMILES string of the molecule is C.C=CC(=O)Cl.C=CC(=O)N[C@@H]1CCC[C@@H]1Nc1cc(-c2cccnc2Nc2c(Cl)c(OC)cc(OC)c2Cl)ncn1.C=CC(=O)N[C@H]1CCCC1Nc1cc(-c2cccnc2Nc2c(Cl)c(OC)cc(OC)c2Cl)ncn1.C=CC(=O)N[C@H]1CCCC1Nc1cc(-c2cccnc2Nc2c(Cl)c(OC)cc(OC)c2Cl)ncn1.COc1cc(OC)c(Cl)c(Nc2ncccc2-c2cc(NC3CCC[C@@H]3N)ncn2)c1Cl. The van der Waals surface area contributed by atoms with E-state index in [0.717, 1.165) is 88.7 Å². The second kappa shape index (κ2) is 54.9. The average Bonchev–Trinajstić information content (AvgIpc) is 1.05. The van der Waals surface area contributed by atoms with Crippen molar-refractivity contribution in [3.63, 3.8) is 0 Å². The van der Waals surface area contributed by atoms with Crippen LogP contribution in [0, 0.1) is 0 Å². The highest BCUT2D eigenvalue weighted by Gasteiger charge is 2.34. The number of hydrogen-bond acceptors (Lipinski definition) is 33. The van der Waals surface area contributed by atoms with Crippen LogP contribution in [0.4, 0.5) is 69.3 Å². The molecule has 3 amide bonds. The number of ether oxygens (including phenoxy) is 8. The number of hydrogen-bond donors (Lipinski definition) is 12. The Kier molecular flexibility index (Phi) is 42.4. The van der Waals surface area contributed by atoms with Crippen molar-refractivity contribution in [2.24, 2.45) is 5.73 Å². The van der Waals surface area contributed by atoms with E-state index in [1.807, 2.05) is 72.8 Å². The van der Waals surface area contributed by atoms with Crippen LogP contribution in [0.3, 0.4) is 0 Å². The van der Waals surface area contributed by atoms with E-state index in [9.17, 15) is 19.2 Å². The van der Waals surface area contributed by atoms with Crippen LogP contribution in [0.15, 0.2) is 198 Å². The summed E-state index contributed by atoms with van der Waals surface area (Å²) in [5.74, 6) is 7.32. The van der Waals surface area contributed by atoms with E-state index < -0.39 is 5.24 Å². The molecule has 0 bridgehead atoms. The zero-order valence-electron chi connectivity index (χ0n) is 79.8. The molecule has 0 aliphatic heterocycles. The normalized spacial score (nSPS) is 16.5. The van der Waals surface area contributed by atoms with E-state index >= 15 is 0 Å². The molecule has 3 unspecified atom stereocenters. The molecule has 146 heavy (non-hydrogen) atoms. The Morgan fingerprint density at radius 3 is 0.712 bits per heavy atom. The predicted molar refractivity (Wildman–Crippen MR) is 580 cm³/mol. The highest BCUT2D eigenvalue weighted by molar-refractivity contribution is 6.66. The standard InChI is InChI=1S/3C25H26Cl2N6O3.C22H24Cl2N6O2.C3H3ClO.CH4/c3*1-4-21(34)32-16-9-5-8-15(16)31-20-11-17(29-13-30-20)14-7-6-10-28-25(14)33-24-22(26)18(35-2)12-19(36-3)23(24)27;1-31-16-10-17(32-2)20(24)21(19(16)23)30-22-12(5-4-8-26-22)15-9-18(28-11-27-15)29-14-7-3-6-13(14)25;1-2-3(4)5;/h3*4,6-7,10-13,15-16H,1,5,8-9H2,2-3H3,(H,28,33)(H,32,34)(H,29,30,31);4-5,8-11,13-14H,3,6-7,25H2,1-2H3,(H,26,30)(H,27,28,29);2H,1H2;1H4/t2*15?,16-;15-,16+;13-,14?;;/m0000../s1. The zero-order chi connectivity index (χ0) is 104. The molecule has 12 aromatic rings. The lowest BCUT2D eigenvalue weighted by Crippen LogP contribution is -2.42. The third-order valence-electron chi connectivity index (χ3n) is 23.4. The number of nitrogens with one attached hydrogen (secondary N) is 11. The quantitative estimate of drug-likeness (QED) is 0.0130. The Morgan fingerprint density at radius 1 is 0.308 bits per heavy atom. The first-order valence-corrected chi connectivity index (χ1v) is 48.5. The summed E-state index contributed by atoms with van der Waals surface area (Å²) in [5, 5.41) is 37.4. The molecule has 13 N–H and O–H groups in total. The summed E-state index contributed by atoms with van der Waals surface area (Å²) < 4.78 is 42.9. The van der Waals surface area contributed by atoms with Gasteiger partial charge < -0.3 is 102 Å². The summed E-state index contributed by atoms with van der Waals surface area (Å²) in [5.41, 5.74) is 13.3. The van der Waals surface area contributed by atoms with Gasteiger partial charge >= 0.3 is 0 Å². The van der Waals surface area contributed by atoms with Crippen molar-refractivity contribution in [3.05, 3.63) is 238 Å². The predicted octanol–water partition coefficient (Wildman–Crippen LogP) is 22.2. The monoisotopic (exact) mass is 2160 g/mol. The Hall–Kier alpha value is -13.8. The summed E-state index contributed by atoms with van der Waals surface area (Å²) in [6.07, 6.45) is 29.0. The largest absolute Gasteiger partial charge is 0.495 e. The highest BCUT2D eigenvalue weighted by atomic mass is 35.5. The number of amides is 3. The minimum atomic E-state index is -0.509. The molecule has 768 valence electrons. The molecule has 4 aliphatic carbocycles. The van der Waals surface area contributed by atoms with Crippen molar-refractivity contribution in [1.82, 2.24) is 75.8 Å². The summed E-state index contributed by atoms with van der Waals surface area (Å²) >= 11 is 57.0. The molecule has 4 saturated carbocycles. The molecule has 8 heterocycles. The number of benzene rings is 4.